The summed E-state index contributed by atoms with van der Waals surface area (Å²) in [5, 5.41) is 0. The van der Waals surface area contributed by atoms with Crippen LogP contribution >= 0.6 is 0 Å². The van der Waals surface area contributed by atoms with Gasteiger partial charge in [-0.25, -0.2) is 0 Å². The Morgan fingerprint density at radius 2 is 1.85 bits per heavy atom. The Bertz CT molecular complexity index is 158. The van der Waals surface area contributed by atoms with Crippen molar-refractivity contribution in [3.63, 3.8) is 0 Å². The molecule has 2 N–H and O–H groups in total. The van der Waals surface area contributed by atoms with Crippen LogP contribution in [-0.4, -0.2) is 31.1 Å². The Morgan fingerprint density at radius 1 is 1.08 bits per heavy atom. The molecule has 2 aliphatic rings. The first-order chi connectivity index (χ1) is 6.40. The highest BCUT2D eigenvalue weighted by molar-refractivity contribution is 4.83. The first-order valence-corrected chi connectivity index (χ1v) is 5.82. The van der Waals surface area contributed by atoms with Crippen LogP contribution in [0.2, 0.25) is 0 Å². The molecule has 1 saturated heterocycles. The van der Waals surface area contributed by atoms with Crippen LogP contribution in [0, 0.1) is 11.8 Å². The third-order valence-corrected chi connectivity index (χ3v) is 3.82. The number of rotatable bonds is 2. The van der Waals surface area contributed by atoms with Gasteiger partial charge in [0.2, 0.25) is 0 Å². The third kappa shape index (κ3) is 2.23. The molecule has 2 nitrogen and oxygen atoms in total. The third-order valence-electron chi connectivity index (χ3n) is 3.82. The molecule has 2 heteroatoms. The van der Waals surface area contributed by atoms with Gasteiger partial charge in [0.15, 0.2) is 0 Å². The number of nitrogens with two attached hydrogens (primary N) is 1. The van der Waals surface area contributed by atoms with Gasteiger partial charge in [-0.15, -0.1) is 0 Å². The smallest absolute Gasteiger partial charge is 0.0105 e. The van der Waals surface area contributed by atoms with Crippen LogP contribution in [0.1, 0.15) is 32.1 Å². The van der Waals surface area contributed by atoms with Crippen molar-refractivity contribution in [2.45, 2.75) is 32.1 Å². The molecule has 76 valence electrons. The number of hydrogen-bond donors (Lipinski definition) is 1. The second-order valence-corrected chi connectivity index (χ2v) is 4.68. The van der Waals surface area contributed by atoms with Crippen molar-refractivity contribution >= 4 is 0 Å². The summed E-state index contributed by atoms with van der Waals surface area (Å²) in [7, 11) is 0. The zero-order chi connectivity index (χ0) is 9.10. The lowest BCUT2D eigenvalue weighted by Crippen LogP contribution is -2.43. The molecule has 2 unspecified atom stereocenters. The average Bonchev–Trinajstić information content (AvgIpc) is 2.18. The number of hydrogen-bond acceptors (Lipinski definition) is 2. The normalized spacial score (nSPS) is 35.8. The quantitative estimate of drug-likeness (QED) is 0.700. The van der Waals surface area contributed by atoms with Gasteiger partial charge in [0.1, 0.15) is 0 Å². The molecule has 1 heterocycles. The van der Waals surface area contributed by atoms with Crippen molar-refractivity contribution in [2.75, 3.05) is 26.2 Å². The van der Waals surface area contributed by atoms with E-state index in [9.17, 15) is 0 Å². The molecular weight excluding hydrogens is 160 g/mol. The first-order valence-electron chi connectivity index (χ1n) is 5.82. The minimum atomic E-state index is 0.831. The van der Waals surface area contributed by atoms with Gasteiger partial charge < -0.3 is 10.6 Å². The predicted octanol–water partition coefficient (Wildman–Crippen LogP) is 1.46. The highest BCUT2D eigenvalue weighted by Crippen LogP contribution is 2.35. The number of fused-ring (bicyclic) bond motifs is 1. The van der Waals surface area contributed by atoms with Crippen molar-refractivity contribution < 1.29 is 0 Å². The van der Waals surface area contributed by atoms with Crippen molar-refractivity contribution in [3.8, 4) is 0 Å². The maximum atomic E-state index is 5.59. The van der Waals surface area contributed by atoms with Crippen molar-refractivity contribution in [3.05, 3.63) is 0 Å². The van der Waals surface area contributed by atoms with Crippen LogP contribution in [0.25, 0.3) is 0 Å². The van der Waals surface area contributed by atoms with Crippen LogP contribution < -0.4 is 5.73 Å². The van der Waals surface area contributed by atoms with Gasteiger partial charge in [-0.05, 0) is 31.2 Å². The number of nitrogens with zero attached hydrogens (tertiary/aromatic N) is 1. The minimum absolute atomic E-state index is 0.831. The molecule has 13 heavy (non-hydrogen) atoms. The van der Waals surface area contributed by atoms with Crippen LogP contribution in [0.3, 0.4) is 0 Å². The van der Waals surface area contributed by atoms with Crippen molar-refractivity contribution in [1.82, 2.24) is 4.90 Å². The van der Waals surface area contributed by atoms with Gasteiger partial charge in [-0.1, -0.05) is 19.3 Å². The van der Waals surface area contributed by atoms with E-state index in [4.69, 9.17) is 5.73 Å². The number of likely N-dealkylation sites (tertiary alicyclic amines) is 1. The highest BCUT2D eigenvalue weighted by Gasteiger charge is 2.30. The molecule has 0 aromatic heterocycles. The first kappa shape index (κ1) is 9.47. The minimum Gasteiger partial charge on any atom is -0.329 e. The van der Waals surface area contributed by atoms with Crippen molar-refractivity contribution in [1.29, 1.82) is 0 Å². The fourth-order valence-corrected chi connectivity index (χ4v) is 3.06. The lowest BCUT2D eigenvalue weighted by atomic mass is 9.75. The molecule has 2 atom stereocenters. The van der Waals surface area contributed by atoms with Gasteiger partial charge >= 0.3 is 0 Å². The van der Waals surface area contributed by atoms with E-state index in [-0.39, 0.29) is 0 Å². The van der Waals surface area contributed by atoms with E-state index < -0.39 is 0 Å². The summed E-state index contributed by atoms with van der Waals surface area (Å²) in [6, 6.07) is 0. The fourth-order valence-electron chi connectivity index (χ4n) is 3.06. The predicted molar refractivity (Wildman–Crippen MR) is 55.6 cm³/mol. The zero-order valence-electron chi connectivity index (χ0n) is 8.54. The van der Waals surface area contributed by atoms with E-state index in [1.807, 2.05) is 0 Å². The second-order valence-electron chi connectivity index (χ2n) is 4.68. The van der Waals surface area contributed by atoms with Crippen molar-refractivity contribution in [2.24, 2.45) is 17.6 Å². The van der Waals surface area contributed by atoms with Crippen LogP contribution in [0.15, 0.2) is 0 Å². The Kier molecular flexibility index (Phi) is 3.23. The van der Waals surface area contributed by atoms with Gasteiger partial charge in [-0.3, -0.25) is 0 Å². The topological polar surface area (TPSA) is 29.3 Å². The standard InChI is InChI=1S/C11H22N2/c12-6-8-13-7-5-10-3-1-2-4-11(10)9-13/h10-11H,1-9,12H2. The maximum absolute atomic E-state index is 5.59. The summed E-state index contributed by atoms with van der Waals surface area (Å²) < 4.78 is 0. The van der Waals surface area contributed by atoms with Crippen LogP contribution in [-0.2, 0) is 0 Å². The Hall–Kier alpha value is -0.0800. The maximum Gasteiger partial charge on any atom is 0.0105 e. The molecule has 2 rings (SSSR count). The molecule has 0 amide bonds. The van der Waals surface area contributed by atoms with Gasteiger partial charge in [0.05, 0.1) is 0 Å². The lowest BCUT2D eigenvalue weighted by Gasteiger charge is -2.41. The molecule has 0 radical (unpaired) electrons. The van der Waals surface area contributed by atoms with E-state index in [1.54, 1.807) is 0 Å². The summed E-state index contributed by atoms with van der Waals surface area (Å²) >= 11 is 0. The SMILES string of the molecule is NCCN1CCC2CCCCC2C1. The van der Waals surface area contributed by atoms with E-state index in [2.05, 4.69) is 4.90 Å². The lowest BCUT2D eigenvalue weighted by molar-refractivity contribution is 0.0891. The van der Waals surface area contributed by atoms with Gasteiger partial charge in [-0.2, -0.15) is 0 Å². The molecule has 0 aromatic carbocycles. The zero-order valence-corrected chi connectivity index (χ0v) is 8.54. The average molecular weight is 182 g/mol. The van der Waals surface area contributed by atoms with Gasteiger partial charge in [0, 0.05) is 19.6 Å². The molecule has 1 saturated carbocycles. The summed E-state index contributed by atoms with van der Waals surface area (Å²) in [5.41, 5.74) is 5.59. The van der Waals surface area contributed by atoms with Crippen LogP contribution in [0.4, 0.5) is 0 Å². The summed E-state index contributed by atoms with van der Waals surface area (Å²) in [6.45, 7) is 4.58. The molecule has 1 aliphatic heterocycles. The molecule has 0 spiro atoms. The van der Waals surface area contributed by atoms with E-state index >= 15 is 0 Å². The summed E-state index contributed by atoms with van der Waals surface area (Å²) in [4.78, 5) is 2.56. The fraction of sp³-hybridized carbons (Fsp3) is 1.00. The Balaban J connectivity index is 1.84. The molecule has 0 bridgehead atoms. The second kappa shape index (κ2) is 4.43. The molecule has 0 aromatic rings. The monoisotopic (exact) mass is 182 g/mol. The summed E-state index contributed by atoms with van der Waals surface area (Å²) in [6.07, 6.45) is 7.37. The number of piperidine rings is 1. The van der Waals surface area contributed by atoms with Gasteiger partial charge in [0.25, 0.3) is 0 Å². The van der Waals surface area contributed by atoms with E-state index in [1.165, 1.54) is 45.2 Å². The van der Waals surface area contributed by atoms with E-state index in [0.29, 0.717) is 0 Å². The molecule has 2 fully saturated rings. The van der Waals surface area contributed by atoms with Crippen LogP contribution in [0.5, 0.6) is 0 Å². The molecular formula is C11H22N2. The Morgan fingerprint density at radius 3 is 2.62 bits per heavy atom. The Labute approximate surface area is 81.5 Å². The summed E-state index contributed by atoms with van der Waals surface area (Å²) in [5.74, 6) is 2.07. The van der Waals surface area contributed by atoms with E-state index in [0.717, 1.165) is 24.9 Å². The molecule has 1 aliphatic carbocycles. The largest absolute Gasteiger partial charge is 0.329 e. The highest BCUT2D eigenvalue weighted by atomic mass is 15.1.